The number of hydrogen-bond donors (Lipinski definition) is 2. The molecule has 3 rings (SSSR count). The molecule has 1 aromatic carbocycles. The summed E-state index contributed by atoms with van der Waals surface area (Å²) in [5.41, 5.74) is -0.158. The highest BCUT2D eigenvalue weighted by molar-refractivity contribution is 6.30. The monoisotopic (exact) mass is 399 g/mol. The van der Waals surface area contributed by atoms with Crippen molar-refractivity contribution in [3.8, 4) is 0 Å². The first kappa shape index (κ1) is 19.0. The standard InChI is InChI=1S/C17H13ClF3N3O3/c18-11-4-1-9(2-5-11)14(24-15(25)13-8-23-16(26)27-13)12-6-3-10(7-22-12)17(19,20)21/h1-7,13-14H,8H2,(H,23,26)(H,24,25)/t13-,14+/m0/s1. The summed E-state index contributed by atoms with van der Waals surface area (Å²) >= 11 is 5.86. The average Bonchev–Trinajstić information content (AvgIpc) is 3.06. The van der Waals surface area contributed by atoms with Crippen LogP contribution in [0.1, 0.15) is 22.9 Å². The molecule has 1 saturated heterocycles. The number of rotatable bonds is 4. The van der Waals surface area contributed by atoms with E-state index >= 15 is 0 Å². The molecule has 0 aliphatic carbocycles. The van der Waals surface area contributed by atoms with Crippen LogP contribution >= 0.6 is 11.6 Å². The molecule has 0 unspecified atom stereocenters. The molecule has 2 atom stereocenters. The number of aromatic nitrogens is 1. The number of alkyl carbamates (subject to hydrolysis) is 1. The van der Waals surface area contributed by atoms with E-state index in [1.54, 1.807) is 24.3 Å². The average molecular weight is 400 g/mol. The zero-order valence-electron chi connectivity index (χ0n) is 13.6. The molecule has 27 heavy (non-hydrogen) atoms. The maximum absolute atomic E-state index is 12.8. The number of halogens is 4. The predicted molar refractivity (Wildman–Crippen MR) is 88.9 cm³/mol. The minimum Gasteiger partial charge on any atom is -0.434 e. The van der Waals surface area contributed by atoms with Crippen molar-refractivity contribution >= 4 is 23.6 Å². The van der Waals surface area contributed by atoms with Crippen molar-refractivity contribution in [3.05, 3.63) is 64.4 Å². The summed E-state index contributed by atoms with van der Waals surface area (Å²) < 4.78 is 43.1. The van der Waals surface area contributed by atoms with Gasteiger partial charge in [-0.1, -0.05) is 23.7 Å². The molecule has 1 aliphatic rings. The quantitative estimate of drug-likeness (QED) is 0.828. The lowest BCUT2D eigenvalue weighted by Crippen LogP contribution is -2.39. The minimum atomic E-state index is -4.52. The summed E-state index contributed by atoms with van der Waals surface area (Å²) in [6.07, 6.45) is -5.58. The maximum atomic E-state index is 12.8. The van der Waals surface area contributed by atoms with Crippen LogP contribution in [0.4, 0.5) is 18.0 Å². The van der Waals surface area contributed by atoms with Crippen LogP contribution < -0.4 is 10.6 Å². The zero-order valence-corrected chi connectivity index (χ0v) is 14.3. The van der Waals surface area contributed by atoms with Gasteiger partial charge in [0.2, 0.25) is 0 Å². The van der Waals surface area contributed by atoms with Crippen molar-refractivity contribution < 1.29 is 27.5 Å². The lowest BCUT2D eigenvalue weighted by Gasteiger charge is -2.21. The molecule has 0 radical (unpaired) electrons. The molecule has 1 fully saturated rings. The molecule has 142 valence electrons. The smallest absolute Gasteiger partial charge is 0.417 e. The second-order valence-corrected chi connectivity index (χ2v) is 6.17. The van der Waals surface area contributed by atoms with Gasteiger partial charge in [0.25, 0.3) is 5.91 Å². The SMILES string of the molecule is O=C1NC[C@@H](C(=O)N[C@H](c2ccc(Cl)cc2)c2ccc(C(F)(F)F)cn2)O1. The Kier molecular flexibility index (Phi) is 5.22. The fourth-order valence-electron chi connectivity index (χ4n) is 2.50. The Bertz CT molecular complexity index is 841. The van der Waals surface area contributed by atoms with Crippen LogP contribution in [-0.4, -0.2) is 29.6 Å². The number of nitrogens with one attached hydrogen (secondary N) is 2. The molecular formula is C17H13ClF3N3O3. The topological polar surface area (TPSA) is 80.3 Å². The van der Waals surface area contributed by atoms with E-state index in [0.717, 1.165) is 6.07 Å². The van der Waals surface area contributed by atoms with E-state index in [2.05, 4.69) is 15.6 Å². The maximum Gasteiger partial charge on any atom is 0.417 e. The second-order valence-electron chi connectivity index (χ2n) is 5.74. The Labute approximate surface area is 156 Å². The van der Waals surface area contributed by atoms with Gasteiger partial charge in [0.15, 0.2) is 6.10 Å². The van der Waals surface area contributed by atoms with Crippen LogP contribution in [0.3, 0.4) is 0 Å². The summed E-state index contributed by atoms with van der Waals surface area (Å²) in [6, 6.07) is 7.61. The van der Waals surface area contributed by atoms with E-state index in [1.807, 2.05) is 0 Å². The van der Waals surface area contributed by atoms with Crippen LogP contribution in [0.5, 0.6) is 0 Å². The largest absolute Gasteiger partial charge is 0.434 e. The summed E-state index contributed by atoms with van der Waals surface area (Å²) in [7, 11) is 0. The predicted octanol–water partition coefficient (Wildman–Crippen LogP) is 3.07. The van der Waals surface area contributed by atoms with Gasteiger partial charge in [-0.2, -0.15) is 13.2 Å². The molecule has 0 bridgehead atoms. The third-order valence-corrected chi connectivity index (χ3v) is 4.12. The van der Waals surface area contributed by atoms with Gasteiger partial charge < -0.3 is 15.4 Å². The molecule has 0 saturated carbocycles. The second kappa shape index (κ2) is 7.43. The summed E-state index contributed by atoms with van der Waals surface area (Å²) in [5, 5.41) is 5.46. The number of nitrogens with zero attached hydrogens (tertiary/aromatic N) is 1. The molecule has 0 spiro atoms. The third-order valence-electron chi connectivity index (χ3n) is 3.87. The van der Waals surface area contributed by atoms with Crippen LogP contribution in [0.25, 0.3) is 0 Å². The van der Waals surface area contributed by atoms with Gasteiger partial charge in [-0.15, -0.1) is 0 Å². The number of alkyl halides is 3. The fraction of sp³-hybridized carbons (Fsp3) is 0.235. The number of cyclic esters (lactones) is 1. The van der Waals surface area contributed by atoms with Gasteiger partial charge >= 0.3 is 12.3 Å². The molecule has 10 heteroatoms. The van der Waals surface area contributed by atoms with E-state index in [1.165, 1.54) is 6.07 Å². The number of ether oxygens (including phenoxy) is 1. The Morgan fingerprint density at radius 3 is 2.48 bits per heavy atom. The van der Waals surface area contributed by atoms with Gasteiger partial charge in [0, 0.05) is 11.2 Å². The van der Waals surface area contributed by atoms with Crippen LogP contribution in [0, 0.1) is 0 Å². The van der Waals surface area contributed by atoms with Crippen molar-refractivity contribution in [3.63, 3.8) is 0 Å². The number of benzene rings is 1. The summed E-state index contributed by atoms with van der Waals surface area (Å²) in [4.78, 5) is 27.3. The Morgan fingerprint density at radius 2 is 1.96 bits per heavy atom. The first-order chi connectivity index (χ1) is 12.7. The van der Waals surface area contributed by atoms with Crippen molar-refractivity contribution in [2.45, 2.75) is 18.3 Å². The Morgan fingerprint density at radius 1 is 1.26 bits per heavy atom. The highest BCUT2D eigenvalue weighted by Gasteiger charge is 2.33. The van der Waals surface area contributed by atoms with E-state index in [9.17, 15) is 22.8 Å². The van der Waals surface area contributed by atoms with Crippen molar-refractivity contribution in [1.29, 1.82) is 0 Å². The molecule has 2 amide bonds. The molecule has 2 heterocycles. The minimum absolute atomic E-state index is 0.00154. The number of carbonyl (C=O) groups excluding carboxylic acids is 2. The first-order valence-electron chi connectivity index (χ1n) is 7.77. The normalized spacial score (nSPS) is 17.8. The zero-order chi connectivity index (χ0) is 19.6. The third kappa shape index (κ3) is 4.48. The lowest BCUT2D eigenvalue weighted by molar-refractivity contribution is -0.138. The van der Waals surface area contributed by atoms with Gasteiger partial charge in [-0.25, -0.2) is 4.79 Å². The molecule has 6 nitrogen and oxygen atoms in total. The van der Waals surface area contributed by atoms with Crippen molar-refractivity contribution in [1.82, 2.24) is 15.6 Å². The molecule has 1 aliphatic heterocycles. The van der Waals surface area contributed by atoms with Crippen LogP contribution in [0.2, 0.25) is 5.02 Å². The molecular weight excluding hydrogens is 387 g/mol. The number of carbonyl (C=O) groups is 2. The van der Waals surface area contributed by atoms with Crippen molar-refractivity contribution in [2.75, 3.05) is 6.54 Å². The van der Waals surface area contributed by atoms with E-state index in [-0.39, 0.29) is 12.2 Å². The van der Waals surface area contributed by atoms with Crippen LogP contribution in [0.15, 0.2) is 42.6 Å². The number of amides is 2. The van der Waals surface area contributed by atoms with Gasteiger partial charge in [0.05, 0.1) is 23.8 Å². The molecule has 2 aromatic rings. The lowest BCUT2D eigenvalue weighted by atomic mass is 10.0. The number of hydrogen-bond acceptors (Lipinski definition) is 4. The number of pyridine rings is 1. The highest BCUT2D eigenvalue weighted by atomic mass is 35.5. The van der Waals surface area contributed by atoms with Crippen LogP contribution in [-0.2, 0) is 15.7 Å². The Hall–Kier alpha value is -2.81. The van der Waals surface area contributed by atoms with Gasteiger partial charge in [-0.05, 0) is 29.8 Å². The van der Waals surface area contributed by atoms with E-state index in [0.29, 0.717) is 16.8 Å². The van der Waals surface area contributed by atoms with Gasteiger partial charge in [0.1, 0.15) is 0 Å². The molecule has 2 N–H and O–H groups in total. The van der Waals surface area contributed by atoms with Gasteiger partial charge in [-0.3, -0.25) is 9.78 Å². The van der Waals surface area contributed by atoms with E-state index < -0.39 is 35.9 Å². The van der Waals surface area contributed by atoms with Crippen molar-refractivity contribution in [2.24, 2.45) is 0 Å². The summed E-state index contributed by atoms with van der Waals surface area (Å²) in [5.74, 6) is -0.602. The Balaban J connectivity index is 1.89. The molecule has 1 aromatic heterocycles. The van der Waals surface area contributed by atoms with E-state index in [4.69, 9.17) is 16.3 Å². The summed E-state index contributed by atoms with van der Waals surface area (Å²) in [6.45, 7) is -0.00154. The highest BCUT2D eigenvalue weighted by Crippen LogP contribution is 2.30. The first-order valence-corrected chi connectivity index (χ1v) is 8.15. The fourth-order valence-corrected chi connectivity index (χ4v) is 2.62.